The van der Waals surface area contributed by atoms with Gasteiger partial charge in [-0.3, -0.25) is 9.63 Å². The molecule has 1 fully saturated rings. The molecule has 0 aliphatic carbocycles. The van der Waals surface area contributed by atoms with Gasteiger partial charge in [-0.2, -0.15) is 0 Å². The van der Waals surface area contributed by atoms with Crippen LogP contribution in [0.25, 0.3) is 0 Å². The Morgan fingerprint density at radius 2 is 2.45 bits per heavy atom. The Kier molecular flexibility index (Phi) is 2.84. The first-order valence-electron chi connectivity index (χ1n) is 3.78. The Labute approximate surface area is 66.5 Å². The lowest BCUT2D eigenvalue weighted by molar-refractivity contribution is -0.172. The molecule has 1 heterocycles. The molecule has 11 heavy (non-hydrogen) atoms. The van der Waals surface area contributed by atoms with Gasteiger partial charge in [0.2, 0.25) is 5.91 Å². The fourth-order valence-electron chi connectivity index (χ4n) is 1.21. The summed E-state index contributed by atoms with van der Waals surface area (Å²) in [7, 11) is 3.14. The van der Waals surface area contributed by atoms with Crippen LogP contribution >= 0.6 is 0 Å². The number of hydrogen-bond acceptors (Lipinski definition) is 3. The van der Waals surface area contributed by atoms with Gasteiger partial charge in [0.25, 0.3) is 0 Å². The number of carbonyl (C=O) groups excluding carboxylic acids is 1. The summed E-state index contributed by atoms with van der Waals surface area (Å²) in [5.41, 5.74) is 0. The molecule has 0 aromatic carbocycles. The van der Waals surface area contributed by atoms with Gasteiger partial charge in [-0.25, -0.2) is 5.06 Å². The highest BCUT2D eigenvalue weighted by atomic mass is 16.7. The standard InChI is InChI=1S/C7H14N2O2/c1-9(11-2)7(10)6-3-4-8-5-6/h6,8H,3-5H2,1-2H3/t6-/m1/s1. The predicted molar refractivity (Wildman–Crippen MR) is 40.8 cm³/mol. The molecular weight excluding hydrogens is 144 g/mol. The van der Waals surface area contributed by atoms with Crippen molar-refractivity contribution >= 4 is 5.91 Å². The molecule has 1 atom stereocenters. The van der Waals surface area contributed by atoms with Crippen LogP contribution in [0.2, 0.25) is 0 Å². The summed E-state index contributed by atoms with van der Waals surface area (Å²) in [5.74, 6) is 0.178. The van der Waals surface area contributed by atoms with E-state index in [1.165, 1.54) is 12.2 Å². The Balaban J connectivity index is 2.39. The van der Waals surface area contributed by atoms with Crippen molar-refractivity contribution in [3.8, 4) is 0 Å². The normalized spacial score (nSPS) is 23.6. The maximum absolute atomic E-state index is 11.3. The van der Waals surface area contributed by atoms with Gasteiger partial charge in [-0.1, -0.05) is 0 Å². The zero-order chi connectivity index (χ0) is 8.27. The molecule has 1 saturated heterocycles. The van der Waals surface area contributed by atoms with E-state index in [1.54, 1.807) is 7.05 Å². The Morgan fingerprint density at radius 3 is 2.91 bits per heavy atom. The molecule has 0 aromatic rings. The molecule has 0 bridgehead atoms. The van der Waals surface area contributed by atoms with Crippen LogP contribution in [0.3, 0.4) is 0 Å². The smallest absolute Gasteiger partial charge is 0.250 e. The maximum atomic E-state index is 11.3. The van der Waals surface area contributed by atoms with Crippen molar-refractivity contribution in [3.63, 3.8) is 0 Å². The molecule has 4 heteroatoms. The van der Waals surface area contributed by atoms with Crippen LogP contribution < -0.4 is 5.32 Å². The van der Waals surface area contributed by atoms with Crippen LogP contribution in [0.1, 0.15) is 6.42 Å². The van der Waals surface area contributed by atoms with Crippen LogP contribution in [0, 0.1) is 5.92 Å². The van der Waals surface area contributed by atoms with Crippen molar-refractivity contribution in [3.05, 3.63) is 0 Å². The Bertz CT molecular complexity index is 143. The van der Waals surface area contributed by atoms with Gasteiger partial charge in [0.1, 0.15) is 0 Å². The molecular formula is C7H14N2O2. The molecule has 0 spiro atoms. The first kappa shape index (κ1) is 8.49. The van der Waals surface area contributed by atoms with E-state index in [1.807, 2.05) is 0 Å². The predicted octanol–water partition coefficient (Wildman–Crippen LogP) is -0.384. The van der Waals surface area contributed by atoms with Crippen LogP contribution in [-0.2, 0) is 9.63 Å². The number of nitrogens with one attached hydrogen (secondary N) is 1. The third-order valence-corrected chi connectivity index (χ3v) is 1.99. The third kappa shape index (κ3) is 1.91. The van der Waals surface area contributed by atoms with Crippen LogP contribution in [0.5, 0.6) is 0 Å². The fraction of sp³-hybridized carbons (Fsp3) is 0.857. The Morgan fingerprint density at radius 1 is 1.73 bits per heavy atom. The van der Waals surface area contributed by atoms with E-state index in [0.717, 1.165) is 19.5 Å². The summed E-state index contributed by atoms with van der Waals surface area (Å²) >= 11 is 0. The number of amides is 1. The van der Waals surface area contributed by atoms with Crippen molar-refractivity contribution in [1.29, 1.82) is 0 Å². The summed E-state index contributed by atoms with van der Waals surface area (Å²) < 4.78 is 0. The highest BCUT2D eigenvalue weighted by Crippen LogP contribution is 2.10. The molecule has 64 valence electrons. The zero-order valence-corrected chi connectivity index (χ0v) is 6.96. The second-order valence-corrected chi connectivity index (χ2v) is 2.71. The first-order valence-corrected chi connectivity index (χ1v) is 3.78. The topological polar surface area (TPSA) is 41.6 Å². The minimum atomic E-state index is 0.0671. The second kappa shape index (κ2) is 3.69. The van der Waals surface area contributed by atoms with E-state index < -0.39 is 0 Å². The molecule has 0 saturated carbocycles. The van der Waals surface area contributed by atoms with Gasteiger partial charge in [0.05, 0.1) is 13.0 Å². The van der Waals surface area contributed by atoms with Crippen molar-refractivity contribution in [1.82, 2.24) is 10.4 Å². The largest absolute Gasteiger partial charge is 0.316 e. The van der Waals surface area contributed by atoms with Crippen molar-refractivity contribution in [2.45, 2.75) is 6.42 Å². The lowest BCUT2D eigenvalue weighted by Gasteiger charge is -2.16. The quantitative estimate of drug-likeness (QED) is 0.557. The van der Waals surface area contributed by atoms with Gasteiger partial charge < -0.3 is 5.32 Å². The zero-order valence-electron chi connectivity index (χ0n) is 6.96. The average Bonchev–Trinajstić information content (AvgIpc) is 2.53. The van der Waals surface area contributed by atoms with Crippen molar-refractivity contribution in [2.75, 3.05) is 27.2 Å². The number of nitrogens with zero attached hydrogens (tertiary/aromatic N) is 1. The first-order chi connectivity index (χ1) is 5.25. The number of hydrogen-bond donors (Lipinski definition) is 1. The van der Waals surface area contributed by atoms with Crippen LogP contribution in [0.4, 0.5) is 0 Å². The van der Waals surface area contributed by atoms with Gasteiger partial charge in [-0.15, -0.1) is 0 Å². The van der Waals surface area contributed by atoms with Gasteiger partial charge in [0.15, 0.2) is 0 Å². The molecule has 1 rings (SSSR count). The molecule has 0 unspecified atom stereocenters. The minimum Gasteiger partial charge on any atom is -0.316 e. The molecule has 1 aliphatic heterocycles. The van der Waals surface area contributed by atoms with Crippen molar-refractivity contribution in [2.24, 2.45) is 5.92 Å². The highest BCUT2D eigenvalue weighted by Gasteiger charge is 2.25. The van der Waals surface area contributed by atoms with E-state index >= 15 is 0 Å². The molecule has 4 nitrogen and oxygen atoms in total. The lowest BCUT2D eigenvalue weighted by atomic mass is 10.1. The van der Waals surface area contributed by atoms with Gasteiger partial charge in [-0.05, 0) is 13.0 Å². The molecule has 1 N–H and O–H groups in total. The molecule has 1 amide bonds. The lowest BCUT2D eigenvalue weighted by Crippen LogP contribution is -2.33. The summed E-state index contributed by atoms with van der Waals surface area (Å²) in [5, 5.41) is 4.42. The SMILES string of the molecule is CON(C)C(=O)[C@@H]1CCNC1. The van der Waals surface area contributed by atoms with E-state index in [0.29, 0.717) is 0 Å². The number of hydroxylamine groups is 2. The molecule has 0 radical (unpaired) electrons. The second-order valence-electron chi connectivity index (χ2n) is 2.71. The van der Waals surface area contributed by atoms with Crippen LogP contribution in [-0.4, -0.2) is 38.2 Å². The third-order valence-electron chi connectivity index (χ3n) is 1.99. The maximum Gasteiger partial charge on any atom is 0.250 e. The molecule has 1 aliphatic rings. The van der Waals surface area contributed by atoms with Crippen molar-refractivity contribution < 1.29 is 9.63 Å². The number of carbonyl (C=O) groups is 1. The minimum absolute atomic E-state index is 0.0671. The van der Waals surface area contributed by atoms with E-state index in [4.69, 9.17) is 4.84 Å². The summed E-state index contributed by atoms with van der Waals surface area (Å²) in [6.07, 6.45) is 0.923. The van der Waals surface area contributed by atoms with E-state index in [2.05, 4.69) is 5.32 Å². The molecule has 0 aromatic heterocycles. The summed E-state index contributed by atoms with van der Waals surface area (Å²) in [6.45, 7) is 1.72. The highest BCUT2D eigenvalue weighted by molar-refractivity contribution is 5.78. The van der Waals surface area contributed by atoms with E-state index in [-0.39, 0.29) is 11.8 Å². The monoisotopic (exact) mass is 158 g/mol. The fourth-order valence-corrected chi connectivity index (χ4v) is 1.21. The Hall–Kier alpha value is -0.610. The number of rotatable bonds is 2. The summed E-state index contributed by atoms with van der Waals surface area (Å²) in [4.78, 5) is 16.1. The van der Waals surface area contributed by atoms with Gasteiger partial charge >= 0.3 is 0 Å². The van der Waals surface area contributed by atoms with Gasteiger partial charge in [0, 0.05) is 13.6 Å². The van der Waals surface area contributed by atoms with E-state index in [9.17, 15) is 4.79 Å². The average molecular weight is 158 g/mol. The summed E-state index contributed by atoms with van der Waals surface area (Å²) in [6, 6.07) is 0. The van der Waals surface area contributed by atoms with Crippen LogP contribution in [0.15, 0.2) is 0 Å².